The first-order chi connectivity index (χ1) is 13.8. The van der Waals surface area contributed by atoms with Gasteiger partial charge in [0, 0.05) is 10.9 Å². The van der Waals surface area contributed by atoms with E-state index in [9.17, 15) is 4.39 Å². The molecule has 5 aromatic rings. The van der Waals surface area contributed by atoms with Gasteiger partial charge in [-0.2, -0.15) is 5.10 Å². The molecule has 0 fully saturated rings. The van der Waals surface area contributed by atoms with Gasteiger partial charge in [0.15, 0.2) is 0 Å². The van der Waals surface area contributed by atoms with Crippen LogP contribution < -0.4 is 0 Å². The third kappa shape index (κ3) is 2.95. The van der Waals surface area contributed by atoms with Crippen molar-refractivity contribution in [3.63, 3.8) is 0 Å². The van der Waals surface area contributed by atoms with Gasteiger partial charge in [0.1, 0.15) is 11.5 Å². The topological polar surface area (TPSA) is 30.7 Å². The van der Waals surface area contributed by atoms with Gasteiger partial charge in [-0.05, 0) is 42.5 Å². The summed E-state index contributed by atoms with van der Waals surface area (Å²) in [5, 5.41) is 5.60. The molecule has 0 radical (unpaired) electrons. The number of benzene rings is 3. The summed E-state index contributed by atoms with van der Waals surface area (Å²) in [5.41, 5.74) is 5.32. The van der Waals surface area contributed by atoms with Crippen LogP contribution in [0.4, 0.5) is 4.39 Å². The molecular weight excluding hydrogens is 349 g/mol. The van der Waals surface area contributed by atoms with Gasteiger partial charge in [-0.15, -0.1) is 0 Å². The molecule has 0 N–H and O–H groups in total. The van der Waals surface area contributed by atoms with Gasteiger partial charge in [-0.1, -0.05) is 54.6 Å². The minimum atomic E-state index is -0.262. The molecule has 0 aliphatic rings. The Morgan fingerprint density at radius 3 is 2.21 bits per heavy atom. The number of rotatable bonds is 3. The summed E-state index contributed by atoms with van der Waals surface area (Å²) < 4.78 is 15.4. The highest BCUT2D eigenvalue weighted by Crippen LogP contribution is 2.29. The van der Waals surface area contributed by atoms with Crippen molar-refractivity contribution < 1.29 is 4.39 Å². The molecule has 0 atom stereocenters. The first-order valence-electron chi connectivity index (χ1n) is 9.05. The molecule has 2 heterocycles. The summed E-state index contributed by atoms with van der Waals surface area (Å²) in [6, 6.07) is 30.6. The van der Waals surface area contributed by atoms with Crippen molar-refractivity contribution in [1.29, 1.82) is 0 Å². The third-order valence-electron chi connectivity index (χ3n) is 4.69. The molecule has 4 heteroatoms. The minimum absolute atomic E-state index is 0.262. The second-order valence-corrected chi connectivity index (χ2v) is 6.56. The largest absolute Gasteiger partial charge is 0.246 e. The lowest BCUT2D eigenvalue weighted by molar-refractivity contribution is 0.629. The monoisotopic (exact) mass is 365 g/mol. The highest BCUT2D eigenvalue weighted by Gasteiger charge is 2.14. The fraction of sp³-hybridized carbons (Fsp3) is 0. The normalized spacial score (nSPS) is 11.0. The van der Waals surface area contributed by atoms with Crippen molar-refractivity contribution in [2.45, 2.75) is 0 Å². The SMILES string of the molecule is Fc1ccc2nc(-c3cc(-c4ccccc4)n(-c4ccccc4)n3)ccc2c1. The van der Waals surface area contributed by atoms with E-state index >= 15 is 0 Å². The van der Waals surface area contributed by atoms with Gasteiger partial charge in [0.25, 0.3) is 0 Å². The van der Waals surface area contributed by atoms with Crippen molar-refractivity contribution in [3.8, 4) is 28.3 Å². The molecule has 0 bridgehead atoms. The Kier molecular flexibility index (Phi) is 3.95. The Balaban J connectivity index is 1.69. The second kappa shape index (κ2) is 6.74. The maximum atomic E-state index is 13.4. The zero-order valence-corrected chi connectivity index (χ0v) is 15.0. The molecule has 2 aromatic heterocycles. The van der Waals surface area contributed by atoms with E-state index in [1.165, 1.54) is 12.1 Å². The standard InChI is InChI=1S/C24H16FN3/c25-19-12-14-21-18(15-19)11-13-22(26-21)23-16-24(17-7-3-1-4-8-17)28(27-23)20-9-5-2-6-10-20/h1-16H. The van der Waals surface area contributed by atoms with Crippen molar-refractivity contribution in [1.82, 2.24) is 14.8 Å². The quantitative estimate of drug-likeness (QED) is 0.399. The summed E-state index contributed by atoms with van der Waals surface area (Å²) in [4.78, 5) is 4.69. The number of aromatic nitrogens is 3. The minimum Gasteiger partial charge on any atom is -0.246 e. The van der Waals surface area contributed by atoms with Crippen LogP contribution in [0.5, 0.6) is 0 Å². The predicted molar refractivity (Wildman–Crippen MR) is 110 cm³/mol. The highest BCUT2D eigenvalue weighted by atomic mass is 19.1. The molecule has 134 valence electrons. The Morgan fingerprint density at radius 2 is 1.43 bits per heavy atom. The van der Waals surface area contributed by atoms with Crippen LogP contribution in [-0.4, -0.2) is 14.8 Å². The number of hydrogen-bond acceptors (Lipinski definition) is 2. The lowest BCUT2D eigenvalue weighted by atomic mass is 10.1. The summed E-state index contributed by atoms with van der Waals surface area (Å²) in [6.45, 7) is 0. The van der Waals surface area contributed by atoms with E-state index in [1.807, 2.05) is 71.4 Å². The second-order valence-electron chi connectivity index (χ2n) is 6.56. The molecule has 3 aromatic carbocycles. The Labute approximate surface area is 161 Å². The van der Waals surface area contributed by atoms with Crippen LogP contribution in [0.25, 0.3) is 39.2 Å². The van der Waals surface area contributed by atoms with Crippen LogP contribution in [0, 0.1) is 5.82 Å². The van der Waals surface area contributed by atoms with Crippen LogP contribution >= 0.6 is 0 Å². The summed E-state index contributed by atoms with van der Waals surface area (Å²) in [5.74, 6) is -0.262. The van der Waals surface area contributed by atoms with Gasteiger partial charge in [0.2, 0.25) is 0 Å². The number of nitrogens with zero attached hydrogens (tertiary/aromatic N) is 3. The van der Waals surface area contributed by atoms with Gasteiger partial charge in [-0.3, -0.25) is 0 Å². The molecule has 0 amide bonds. The average molecular weight is 365 g/mol. The lowest BCUT2D eigenvalue weighted by Gasteiger charge is -2.07. The van der Waals surface area contributed by atoms with Crippen molar-refractivity contribution in [2.75, 3.05) is 0 Å². The molecule has 0 aliphatic heterocycles. The van der Waals surface area contributed by atoms with Gasteiger partial charge >= 0.3 is 0 Å². The number of pyridine rings is 1. The molecule has 0 aliphatic carbocycles. The Hall–Kier alpha value is -3.79. The van der Waals surface area contributed by atoms with E-state index in [0.717, 1.165) is 39.2 Å². The van der Waals surface area contributed by atoms with Gasteiger partial charge in [-0.25, -0.2) is 14.1 Å². The molecule has 0 saturated heterocycles. The van der Waals surface area contributed by atoms with Crippen molar-refractivity contribution >= 4 is 10.9 Å². The summed E-state index contributed by atoms with van der Waals surface area (Å²) in [7, 11) is 0. The van der Waals surface area contributed by atoms with Crippen molar-refractivity contribution in [2.24, 2.45) is 0 Å². The number of hydrogen-bond donors (Lipinski definition) is 0. The maximum Gasteiger partial charge on any atom is 0.123 e. The number of para-hydroxylation sites is 1. The zero-order valence-electron chi connectivity index (χ0n) is 15.0. The van der Waals surface area contributed by atoms with Crippen LogP contribution in [0.1, 0.15) is 0 Å². The lowest BCUT2D eigenvalue weighted by Crippen LogP contribution is -1.99. The van der Waals surface area contributed by atoms with Crippen LogP contribution in [-0.2, 0) is 0 Å². The van der Waals surface area contributed by atoms with E-state index < -0.39 is 0 Å². The first kappa shape index (κ1) is 16.4. The van der Waals surface area contributed by atoms with Crippen LogP contribution in [0.2, 0.25) is 0 Å². The molecule has 28 heavy (non-hydrogen) atoms. The molecule has 0 saturated carbocycles. The predicted octanol–water partition coefficient (Wildman–Crippen LogP) is 5.89. The number of fused-ring (bicyclic) bond motifs is 1. The maximum absolute atomic E-state index is 13.4. The van der Waals surface area contributed by atoms with Crippen molar-refractivity contribution in [3.05, 3.63) is 103 Å². The van der Waals surface area contributed by atoms with E-state index in [-0.39, 0.29) is 5.82 Å². The van der Waals surface area contributed by atoms with E-state index in [2.05, 4.69) is 17.1 Å². The number of halogens is 1. The molecule has 0 spiro atoms. The van der Waals surface area contributed by atoms with Gasteiger partial charge < -0.3 is 0 Å². The van der Waals surface area contributed by atoms with Gasteiger partial charge in [0.05, 0.1) is 22.6 Å². The molecule has 3 nitrogen and oxygen atoms in total. The van der Waals surface area contributed by atoms with Crippen LogP contribution in [0.3, 0.4) is 0 Å². The van der Waals surface area contributed by atoms with Crippen LogP contribution in [0.15, 0.2) is 97.1 Å². The summed E-state index contributed by atoms with van der Waals surface area (Å²) >= 11 is 0. The van der Waals surface area contributed by atoms with E-state index in [1.54, 1.807) is 6.07 Å². The first-order valence-corrected chi connectivity index (χ1v) is 9.05. The molecule has 0 unspecified atom stereocenters. The molecular formula is C24H16FN3. The van der Waals surface area contributed by atoms with E-state index in [4.69, 9.17) is 5.10 Å². The molecule has 5 rings (SSSR count). The van der Waals surface area contributed by atoms with E-state index in [0.29, 0.717) is 0 Å². The fourth-order valence-electron chi connectivity index (χ4n) is 3.33. The smallest absolute Gasteiger partial charge is 0.123 e. The summed E-state index contributed by atoms with van der Waals surface area (Å²) in [6.07, 6.45) is 0. The Morgan fingerprint density at radius 1 is 0.679 bits per heavy atom. The Bertz CT molecular complexity index is 1200. The average Bonchev–Trinajstić information content (AvgIpc) is 3.20. The zero-order chi connectivity index (χ0) is 18.9. The fourth-order valence-corrected chi connectivity index (χ4v) is 3.33. The highest BCUT2D eigenvalue weighted by molar-refractivity contribution is 5.81. The third-order valence-corrected chi connectivity index (χ3v) is 4.69.